The summed E-state index contributed by atoms with van der Waals surface area (Å²) in [5.74, 6) is 0. The smallest absolute Gasteiger partial charge is 0.166 e. The number of allylic oxidation sites excluding steroid dienone is 2. The third kappa shape index (κ3) is 5.34. The minimum absolute atomic E-state index is 0.616. The second-order valence-electron chi connectivity index (χ2n) is 7.86. The Morgan fingerprint density at radius 1 is 0.960 bits per heavy atom. The normalized spacial score (nSPS) is 13.4. The molecule has 0 N–H and O–H groups in total. The quantitative estimate of drug-likeness (QED) is 0.338. The minimum Gasteiger partial charge on any atom is -0.166 e. The molecule has 0 spiro atoms. The second kappa shape index (κ2) is 8.39. The van der Waals surface area contributed by atoms with Crippen LogP contribution in [0.4, 0.5) is 13.2 Å². The lowest BCUT2D eigenvalue weighted by atomic mass is 10.1. The van der Waals surface area contributed by atoms with Gasteiger partial charge in [-0.25, -0.2) is 0 Å². The van der Waals surface area contributed by atoms with Gasteiger partial charge in [0, 0.05) is 0 Å². The van der Waals surface area contributed by atoms with Gasteiger partial charge in [0.25, 0.3) is 0 Å². The molecule has 0 heterocycles. The fourth-order valence-electron chi connectivity index (χ4n) is 4.06. The third-order valence-electron chi connectivity index (χ3n) is 5.51. The third-order valence-corrected chi connectivity index (χ3v) is 13.0. The van der Waals surface area contributed by atoms with Crippen LogP contribution in [-0.2, 0) is 6.18 Å². The molecule has 0 bridgehead atoms. The Kier molecular flexibility index (Phi) is 7.30. The lowest BCUT2D eigenvalue weighted by molar-refractivity contribution is -0.137. The molecule has 1 aromatic carbocycles. The monoisotopic (exact) mass is 368 g/mol. The maximum atomic E-state index is 12.6. The highest BCUT2D eigenvalue weighted by Gasteiger charge is 2.42. The molecule has 1 rings (SSSR count). The highest BCUT2D eigenvalue weighted by Crippen LogP contribution is 2.46. The van der Waals surface area contributed by atoms with Crippen molar-refractivity contribution in [3.05, 3.63) is 53.6 Å². The maximum absolute atomic E-state index is 12.6. The first kappa shape index (κ1) is 21.7. The molecule has 4 heteroatoms. The number of benzene rings is 1. The maximum Gasteiger partial charge on any atom is 0.416 e. The second-order valence-corrected chi connectivity index (χ2v) is 13.9. The summed E-state index contributed by atoms with van der Waals surface area (Å²) in [5.41, 5.74) is 3.19. The van der Waals surface area contributed by atoms with Crippen molar-refractivity contribution in [2.75, 3.05) is 0 Å². The zero-order valence-electron chi connectivity index (χ0n) is 16.2. The molecular weight excluding hydrogens is 337 g/mol. The molecule has 0 nitrogen and oxygen atoms in total. The summed E-state index contributed by atoms with van der Waals surface area (Å²) in [6, 6.07) is 6.28. The number of hydrogen-bond acceptors (Lipinski definition) is 0. The first-order valence-electron chi connectivity index (χ1n) is 8.94. The van der Waals surface area contributed by atoms with E-state index in [9.17, 15) is 13.2 Å². The Bertz CT molecular complexity index is 571. The van der Waals surface area contributed by atoms with Gasteiger partial charge in [-0.3, -0.25) is 0 Å². The van der Waals surface area contributed by atoms with Crippen molar-refractivity contribution in [1.82, 2.24) is 0 Å². The molecule has 140 valence electrons. The van der Waals surface area contributed by atoms with Crippen LogP contribution in [0.25, 0.3) is 6.08 Å². The van der Waals surface area contributed by atoms with E-state index < -0.39 is 19.8 Å². The molecule has 0 saturated heterocycles. The van der Waals surface area contributed by atoms with Gasteiger partial charge in [0.2, 0.25) is 0 Å². The molecule has 0 aliphatic rings. The van der Waals surface area contributed by atoms with Crippen LogP contribution in [0.2, 0.25) is 22.7 Å². The summed E-state index contributed by atoms with van der Waals surface area (Å²) >= 11 is 0. The standard InChI is InChI=1S/C21H31F3Si/c1-15(2)25(16(3)4,17(5)6)14-18(7)8-9-19-10-12-20(13-11-19)21(22,23)24/h8-13,15-17H,7,14H2,1-6H3/b9-8+. The summed E-state index contributed by atoms with van der Waals surface area (Å²) in [7, 11) is -1.56. The predicted octanol–water partition coefficient (Wildman–Crippen LogP) is 7.95. The van der Waals surface area contributed by atoms with E-state index in [0.717, 1.165) is 29.3 Å². The van der Waals surface area contributed by atoms with Crippen molar-refractivity contribution in [3.8, 4) is 0 Å². The van der Waals surface area contributed by atoms with Gasteiger partial charge in [0.1, 0.15) is 0 Å². The van der Waals surface area contributed by atoms with Crippen molar-refractivity contribution in [2.24, 2.45) is 0 Å². The Hall–Kier alpha value is -1.29. The van der Waals surface area contributed by atoms with E-state index >= 15 is 0 Å². The van der Waals surface area contributed by atoms with E-state index in [-0.39, 0.29) is 0 Å². The molecular formula is C21H31F3Si. The molecule has 1 aromatic rings. The molecule has 0 fully saturated rings. The van der Waals surface area contributed by atoms with E-state index in [4.69, 9.17) is 0 Å². The molecule has 0 amide bonds. The molecule has 0 unspecified atom stereocenters. The average Bonchev–Trinajstić information content (AvgIpc) is 2.49. The summed E-state index contributed by atoms with van der Waals surface area (Å²) < 4.78 is 37.9. The largest absolute Gasteiger partial charge is 0.416 e. The van der Waals surface area contributed by atoms with Gasteiger partial charge in [-0.2, -0.15) is 13.2 Å². The molecule has 0 aliphatic heterocycles. The van der Waals surface area contributed by atoms with Crippen molar-refractivity contribution in [3.63, 3.8) is 0 Å². The lowest BCUT2D eigenvalue weighted by Crippen LogP contribution is -2.44. The Morgan fingerprint density at radius 2 is 1.40 bits per heavy atom. The van der Waals surface area contributed by atoms with Crippen LogP contribution in [0.1, 0.15) is 52.7 Å². The van der Waals surface area contributed by atoms with E-state index in [1.54, 1.807) is 0 Å². The van der Waals surface area contributed by atoms with E-state index in [1.165, 1.54) is 12.1 Å². The van der Waals surface area contributed by atoms with Crippen LogP contribution in [0, 0.1) is 0 Å². The van der Waals surface area contributed by atoms with E-state index in [2.05, 4.69) is 48.1 Å². The fourth-order valence-corrected chi connectivity index (χ4v) is 10.2. The predicted molar refractivity (Wildman–Crippen MR) is 105 cm³/mol. The topological polar surface area (TPSA) is 0 Å². The zero-order valence-corrected chi connectivity index (χ0v) is 17.2. The van der Waals surface area contributed by atoms with Crippen molar-refractivity contribution in [1.29, 1.82) is 0 Å². The first-order valence-corrected chi connectivity index (χ1v) is 11.4. The Morgan fingerprint density at radius 3 is 1.76 bits per heavy atom. The van der Waals surface area contributed by atoms with Crippen LogP contribution >= 0.6 is 0 Å². The van der Waals surface area contributed by atoms with E-state index in [0.29, 0.717) is 16.6 Å². The summed E-state index contributed by atoms with van der Waals surface area (Å²) in [6.07, 6.45) is -0.455. The van der Waals surface area contributed by atoms with Gasteiger partial charge >= 0.3 is 6.18 Å². The fraction of sp³-hybridized carbons (Fsp3) is 0.524. The van der Waals surface area contributed by atoms with Gasteiger partial charge in [0.05, 0.1) is 13.6 Å². The lowest BCUT2D eigenvalue weighted by Gasteiger charge is -2.43. The van der Waals surface area contributed by atoms with Gasteiger partial charge in [0.15, 0.2) is 0 Å². The number of hydrogen-bond donors (Lipinski definition) is 0. The molecule has 0 aromatic heterocycles. The highest BCUT2D eigenvalue weighted by molar-refractivity contribution is 6.84. The summed E-state index contributed by atoms with van der Waals surface area (Å²) in [5, 5.41) is 0. The average molecular weight is 369 g/mol. The number of halogens is 3. The van der Waals surface area contributed by atoms with Gasteiger partial charge < -0.3 is 0 Å². The van der Waals surface area contributed by atoms with Crippen molar-refractivity contribution >= 4 is 14.1 Å². The summed E-state index contributed by atoms with van der Waals surface area (Å²) in [4.78, 5) is 0. The Balaban J connectivity index is 2.92. The van der Waals surface area contributed by atoms with Crippen LogP contribution in [0.3, 0.4) is 0 Å². The van der Waals surface area contributed by atoms with Gasteiger partial charge in [-0.1, -0.05) is 94.6 Å². The zero-order chi connectivity index (χ0) is 19.4. The number of rotatable bonds is 7. The SMILES string of the molecule is C=C(/C=C/c1ccc(C(F)(F)F)cc1)C[Si](C(C)C)(C(C)C)C(C)C. The summed E-state index contributed by atoms with van der Waals surface area (Å²) in [6.45, 7) is 18.1. The van der Waals surface area contributed by atoms with Gasteiger partial charge in [-0.05, 0) is 23.7 Å². The van der Waals surface area contributed by atoms with Gasteiger partial charge in [-0.15, -0.1) is 0 Å². The Labute approximate surface area is 151 Å². The van der Waals surface area contributed by atoms with Crippen LogP contribution in [0.5, 0.6) is 0 Å². The van der Waals surface area contributed by atoms with Crippen LogP contribution in [0.15, 0.2) is 42.5 Å². The molecule has 0 saturated carbocycles. The number of alkyl halides is 3. The minimum atomic E-state index is -4.29. The highest BCUT2D eigenvalue weighted by atomic mass is 28.3. The van der Waals surface area contributed by atoms with Crippen LogP contribution < -0.4 is 0 Å². The van der Waals surface area contributed by atoms with E-state index in [1.807, 2.05) is 12.2 Å². The van der Waals surface area contributed by atoms with Crippen molar-refractivity contribution < 1.29 is 13.2 Å². The first-order chi connectivity index (χ1) is 11.4. The molecule has 0 aliphatic carbocycles. The van der Waals surface area contributed by atoms with Crippen molar-refractivity contribution in [2.45, 2.75) is 70.4 Å². The molecule has 25 heavy (non-hydrogen) atoms. The van der Waals surface area contributed by atoms with Crippen LogP contribution in [-0.4, -0.2) is 8.07 Å². The molecule has 0 radical (unpaired) electrons. The molecule has 0 atom stereocenters.